The van der Waals surface area contributed by atoms with Gasteiger partial charge < -0.3 is 10.1 Å². The van der Waals surface area contributed by atoms with Gasteiger partial charge in [0.2, 0.25) is 0 Å². The van der Waals surface area contributed by atoms with E-state index in [9.17, 15) is 13.6 Å². The molecule has 2 aromatic heterocycles. The van der Waals surface area contributed by atoms with Gasteiger partial charge in [0.05, 0.1) is 17.2 Å². The molecule has 1 aliphatic rings. The summed E-state index contributed by atoms with van der Waals surface area (Å²) in [5, 5.41) is 38.9. The van der Waals surface area contributed by atoms with Gasteiger partial charge in [-0.25, -0.2) is 13.6 Å². The Morgan fingerprint density at radius 2 is 1.50 bits per heavy atom. The Bertz CT molecular complexity index is 2010. The molecule has 0 aliphatic heterocycles. The highest BCUT2D eigenvalue weighted by Gasteiger charge is 2.29. The number of nitrogens with one attached hydrogen (secondary N) is 1. The zero-order chi connectivity index (χ0) is 33.0. The first-order chi connectivity index (χ1) is 22.0. The van der Waals surface area contributed by atoms with Gasteiger partial charge in [-0.15, -0.1) is 20.4 Å². The maximum atomic E-state index is 13.6. The lowest BCUT2D eigenvalue weighted by Crippen LogP contribution is -2.34. The molecule has 3 aromatic carbocycles. The largest absolute Gasteiger partial charge is 0.444 e. The second-order valence-corrected chi connectivity index (χ2v) is 14.2. The fraction of sp³-hybridized carbons (Fsp3) is 0.219. The van der Waals surface area contributed by atoms with Crippen LogP contribution in [0.15, 0.2) is 58.5 Å². The number of nitriles is 2. The average Bonchev–Trinajstić information content (AvgIpc) is 3.78. The third-order valence-electron chi connectivity index (χ3n) is 6.68. The number of hydrogen-bond donors (Lipinski definition) is 1. The van der Waals surface area contributed by atoms with Crippen molar-refractivity contribution < 1.29 is 18.3 Å². The fourth-order valence-corrected chi connectivity index (χ4v) is 6.71. The monoisotopic (exact) mass is 719 g/mol. The Kier molecular flexibility index (Phi) is 9.82. The molecule has 232 valence electrons. The molecule has 1 aliphatic carbocycles. The molecular weight excluding hydrogens is 696 g/mol. The number of benzene rings is 3. The molecule has 1 atom stereocenters. The molecule has 0 saturated carbocycles. The van der Waals surface area contributed by atoms with Crippen LogP contribution in [0, 0.1) is 34.3 Å². The van der Waals surface area contributed by atoms with Crippen LogP contribution < -0.4 is 5.32 Å². The van der Waals surface area contributed by atoms with E-state index in [1.807, 2.05) is 45.0 Å². The number of hydrogen-bond acceptors (Lipinski definition) is 10. The molecule has 46 heavy (non-hydrogen) atoms. The molecule has 0 saturated heterocycles. The SMILES string of the molecule is CC(C)(C)OC(=O)N[C@H]1CCc2c(-c3nnc(-c4ccc(F)c(C#N)c4)s3)cccc21.N#Cc1cc(-c2nnc(Br)s2)ccc1F. The van der Waals surface area contributed by atoms with Crippen LogP contribution in [-0.2, 0) is 11.2 Å². The first kappa shape index (κ1) is 32.8. The maximum Gasteiger partial charge on any atom is 0.408 e. The van der Waals surface area contributed by atoms with E-state index in [0.717, 1.165) is 34.5 Å². The predicted octanol–water partition coefficient (Wildman–Crippen LogP) is 8.37. The number of aromatic nitrogens is 4. The van der Waals surface area contributed by atoms with Crippen molar-refractivity contribution in [3.8, 4) is 43.9 Å². The number of fused-ring (bicyclic) bond motifs is 1. The molecule has 9 nitrogen and oxygen atoms in total. The number of carbonyl (C=O) groups excluding carboxylic acids is 1. The molecular formula is C32H24BrF2N7O2S2. The molecule has 14 heteroatoms. The highest BCUT2D eigenvalue weighted by Crippen LogP contribution is 2.40. The maximum absolute atomic E-state index is 13.6. The summed E-state index contributed by atoms with van der Waals surface area (Å²) in [5.74, 6) is -1.08. The van der Waals surface area contributed by atoms with Gasteiger partial charge in [-0.3, -0.25) is 0 Å². The van der Waals surface area contributed by atoms with Crippen molar-refractivity contribution in [1.82, 2.24) is 25.7 Å². The van der Waals surface area contributed by atoms with Gasteiger partial charge in [0.15, 0.2) is 3.92 Å². The van der Waals surface area contributed by atoms with Crippen LogP contribution in [0.3, 0.4) is 0 Å². The van der Waals surface area contributed by atoms with Gasteiger partial charge >= 0.3 is 6.09 Å². The molecule has 2 heterocycles. The van der Waals surface area contributed by atoms with Crippen molar-refractivity contribution in [2.75, 3.05) is 0 Å². The van der Waals surface area contributed by atoms with Gasteiger partial charge in [-0.2, -0.15) is 10.5 Å². The molecule has 0 spiro atoms. The number of rotatable bonds is 4. The Labute approximate surface area is 279 Å². The van der Waals surface area contributed by atoms with Crippen molar-refractivity contribution in [1.29, 1.82) is 10.5 Å². The lowest BCUT2D eigenvalue weighted by molar-refractivity contribution is 0.0503. The van der Waals surface area contributed by atoms with Crippen LogP contribution in [0.1, 0.15) is 55.5 Å². The minimum Gasteiger partial charge on any atom is -0.444 e. The van der Waals surface area contributed by atoms with Gasteiger partial charge in [-0.1, -0.05) is 40.9 Å². The third kappa shape index (κ3) is 7.59. The Balaban J connectivity index is 0.000000232. The lowest BCUT2D eigenvalue weighted by atomic mass is 10.0. The van der Waals surface area contributed by atoms with Crippen LogP contribution in [0.5, 0.6) is 0 Å². The Morgan fingerprint density at radius 1 is 0.913 bits per heavy atom. The van der Waals surface area contributed by atoms with Crippen LogP contribution in [0.2, 0.25) is 0 Å². The van der Waals surface area contributed by atoms with E-state index in [2.05, 4.69) is 41.6 Å². The van der Waals surface area contributed by atoms with E-state index >= 15 is 0 Å². The number of nitrogens with zero attached hydrogens (tertiary/aromatic N) is 6. The molecule has 0 bridgehead atoms. The first-order valence-corrected chi connectivity index (χ1v) is 16.2. The number of alkyl carbamates (subject to hydrolysis) is 1. The number of amides is 1. The lowest BCUT2D eigenvalue weighted by Gasteiger charge is -2.22. The fourth-order valence-electron chi connectivity index (χ4n) is 4.71. The quantitative estimate of drug-likeness (QED) is 0.196. The first-order valence-electron chi connectivity index (χ1n) is 13.8. The van der Waals surface area contributed by atoms with E-state index < -0.39 is 23.3 Å². The topological polar surface area (TPSA) is 137 Å². The van der Waals surface area contributed by atoms with E-state index in [0.29, 0.717) is 25.1 Å². The minimum absolute atomic E-state index is 0.0128. The summed E-state index contributed by atoms with van der Waals surface area (Å²) >= 11 is 5.90. The van der Waals surface area contributed by atoms with Crippen molar-refractivity contribution in [2.45, 2.75) is 45.3 Å². The molecule has 1 amide bonds. The summed E-state index contributed by atoms with van der Waals surface area (Å²) in [4.78, 5) is 12.2. The zero-order valence-electron chi connectivity index (χ0n) is 24.6. The summed E-state index contributed by atoms with van der Waals surface area (Å²) in [6.07, 6.45) is 1.15. The molecule has 6 rings (SSSR count). The predicted molar refractivity (Wildman–Crippen MR) is 174 cm³/mol. The molecule has 5 aromatic rings. The molecule has 0 radical (unpaired) electrons. The van der Waals surface area contributed by atoms with E-state index in [1.165, 1.54) is 46.9 Å². The van der Waals surface area contributed by atoms with Gasteiger partial charge in [0.25, 0.3) is 0 Å². The van der Waals surface area contributed by atoms with Gasteiger partial charge in [0.1, 0.15) is 44.4 Å². The van der Waals surface area contributed by atoms with Crippen LogP contribution in [-0.4, -0.2) is 32.1 Å². The Hall–Kier alpha value is -4.63. The van der Waals surface area contributed by atoms with Gasteiger partial charge in [0, 0.05) is 16.7 Å². The van der Waals surface area contributed by atoms with E-state index in [1.54, 1.807) is 18.2 Å². The summed E-state index contributed by atoms with van der Waals surface area (Å²) in [5.41, 5.74) is 3.93. The number of halogens is 3. The summed E-state index contributed by atoms with van der Waals surface area (Å²) in [6, 6.07) is 18.1. The summed E-state index contributed by atoms with van der Waals surface area (Å²) < 4.78 is 32.7. The molecule has 1 N–H and O–H groups in total. The standard InChI is InChI=1S/C23H21FN4O2S.C9H3BrFN3S/c1-23(2,3)30-22(29)26-19-10-8-15-16(19)5-4-6-17(15)21-28-27-20(31-21)13-7-9-18(24)14(11-13)12-25;10-9-14-13-8(15-9)5-1-2-7(11)6(3-5)4-12/h4-7,9,11,19H,8,10H2,1-3H3,(H,26,29);1-3H/t19-;/m0./s1. The van der Waals surface area contributed by atoms with E-state index in [-0.39, 0.29) is 17.2 Å². The smallest absolute Gasteiger partial charge is 0.408 e. The van der Waals surface area contributed by atoms with Crippen molar-refractivity contribution >= 4 is 44.7 Å². The second kappa shape index (κ2) is 13.8. The summed E-state index contributed by atoms with van der Waals surface area (Å²) in [7, 11) is 0. The highest BCUT2D eigenvalue weighted by molar-refractivity contribution is 9.11. The van der Waals surface area contributed by atoms with Crippen molar-refractivity contribution in [3.63, 3.8) is 0 Å². The normalized spacial score (nSPS) is 13.5. The second-order valence-electron chi connectivity index (χ2n) is 11.0. The van der Waals surface area contributed by atoms with E-state index in [4.69, 9.17) is 15.3 Å². The summed E-state index contributed by atoms with van der Waals surface area (Å²) in [6.45, 7) is 5.50. The van der Waals surface area contributed by atoms with Crippen LogP contribution >= 0.6 is 38.6 Å². The van der Waals surface area contributed by atoms with Crippen molar-refractivity contribution in [2.24, 2.45) is 0 Å². The van der Waals surface area contributed by atoms with Crippen molar-refractivity contribution in [3.05, 3.63) is 92.4 Å². The highest BCUT2D eigenvalue weighted by atomic mass is 79.9. The molecule has 0 fully saturated rings. The van der Waals surface area contributed by atoms with Crippen LogP contribution in [0.25, 0.3) is 31.7 Å². The minimum atomic E-state index is -0.555. The Morgan fingerprint density at radius 3 is 2.07 bits per heavy atom. The average molecular weight is 721 g/mol. The number of carbonyl (C=O) groups is 1. The zero-order valence-corrected chi connectivity index (χ0v) is 27.9. The van der Waals surface area contributed by atoms with Gasteiger partial charge in [-0.05, 0) is 97.1 Å². The number of ether oxygens (including phenoxy) is 1. The molecule has 0 unspecified atom stereocenters. The van der Waals surface area contributed by atoms with Crippen LogP contribution in [0.4, 0.5) is 13.6 Å². The third-order valence-corrected chi connectivity index (χ3v) is 9.10.